The van der Waals surface area contributed by atoms with Gasteiger partial charge in [-0.3, -0.25) is 19.4 Å². The second-order valence-corrected chi connectivity index (χ2v) is 8.26. The summed E-state index contributed by atoms with van der Waals surface area (Å²) in [7, 11) is 1.20. The van der Waals surface area contributed by atoms with Gasteiger partial charge in [0.2, 0.25) is 5.78 Å². The Hall–Kier alpha value is -3.03. The van der Waals surface area contributed by atoms with Gasteiger partial charge in [-0.1, -0.05) is 36.5 Å². The highest BCUT2D eigenvalue weighted by atomic mass is 32.2. The van der Waals surface area contributed by atoms with E-state index in [-0.39, 0.29) is 23.8 Å². The van der Waals surface area contributed by atoms with Crippen molar-refractivity contribution in [2.45, 2.75) is 38.6 Å². The summed E-state index contributed by atoms with van der Waals surface area (Å²) in [6, 6.07) is 6.67. The number of rotatable bonds is 12. The molecule has 0 saturated carbocycles. The van der Waals surface area contributed by atoms with E-state index < -0.39 is 42.4 Å². The van der Waals surface area contributed by atoms with Crippen LogP contribution in [0.25, 0.3) is 10.9 Å². The summed E-state index contributed by atoms with van der Waals surface area (Å²) in [4.78, 5) is 40.1. The van der Waals surface area contributed by atoms with E-state index >= 15 is 0 Å². The first kappa shape index (κ1) is 28.2. The molecule has 3 unspecified atom stereocenters. The number of para-hydroxylation sites is 1. The van der Waals surface area contributed by atoms with E-state index in [1.54, 1.807) is 24.3 Å². The van der Waals surface area contributed by atoms with Crippen LogP contribution >= 0.6 is 11.8 Å². The molecule has 3 atom stereocenters. The highest BCUT2D eigenvalue weighted by Gasteiger charge is 2.30. The molecule has 2 rings (SSSR count). The first-order valence-corrected chi connectivity index (χ1v) is 11.3. The number of carbonyl (C=O) groups excluding carboxylic acids is 3. The van der Waals surface area contributed by atoms with Crippen LogP contribution in [0.15, 0.2) is 47.4 Å². The number of thioether (sulfide) groups is 1. The average Bonchev–Trinajstić information content (AvgIpc) is 3.19. The van der Waals surface area contributed by atoms with Gasteiger partial charge in [-0.25, -0.2) is 0 Å². The lowest BCUT2D eigenvalue weighted by atomic mass is 10.1. The first-order chi connectivity index (χ1) is 16.6. The maximum atomic E-state index is 13.3. The van der Waals surface area contributed by atoms with Crippen molar-refractivity contribution in [2.75, 3.05) is 20.3 Å². The number of benzene rings is 1. The third-order valence-electron chi connectivity index (χ3n) is 4.79. The zero-order valence-electron chi connectivity index (χ0n) is 19.5. The quantitative estimate of drug-likeness (QED) is 0.126. The van der Waals surface area contributed by atoms with Crippen LogP contribution in [0, 0.1) is 0 Å². The van der Waals surface area contributed by atoms with Crippen molar-refractivity contribution in [1.82, 2.24) is 4.57 Å². The molecule has 0 radical (unpaired) electrons. The van der Waals surface area contributed by atoms with Gasteiger partial charge in [0, 0.05) is 18.5 Å². The highest BCUT2D eigenvalue weighted by Crippen LogP contribution is 2.29. The molecule has 190 valence electrons. The molecule has 0 aliphatic rings. The number of esters is 2. The van der Waals surface area contributed by atoms with Gasteiger partial charge in [-0.15, -0.1) is 0 Å². The summed E-state index contributed by atoms with van der Waals surface area (Å²) in [6.45, 7) is 5.47. The average molecular weight is 509 g/mol. The fourth-order valence-corrected chi connectivity index (χ4v) is 3.62. The summed E-state index contributed by atoms with van der Waals surface area (Å²) in [6.07, 6.45) is -4.40. The van der Waals surface area contributed by atoms with Gasteiger partial charge in [-0.2, -0.15) is 0 Å². The predicted molar refractivity (Wildman–Crippen MR) is 129 cm³/mol. The van der Waals surface area contributed by atoms with Gasteiger partial charge in [0.25, 0.3) is 0 Å². The van der Waals surface area contributed by atoms with E-state index in [4.69, 9.17) is 9.47 Å². The van der Waals surface area contributed by atoms with Crippen molar-refractivity contribution in [2.24, 2.45) is 4.99 Å². The van der Waals surface area contributed by atoms with Crippen LogP contribution < -0.4 is 0 Å². The van der Waals surface area contributed by atoms with Crippen molar-refractivity contribution in [3.8, 4) is 0 Å². The SMILES string of the molecule is C=CS/C(=N\CC(=O)OC)C(=O)c1cn(C(OC(COC(C)=O)C(C)O)C(O)O)c2ccccc12. The zero-order chi connectivity index (χ0) is 26.1. The Morgan fingerprint density at radius 2 is 1.91 bits per heavy atom. The Morgan fingerprint density at radius 1 is 1.23 bits per heavy atom. The van der Waals surface area contributed by atoms with E-state index in [9.17, 15) is 29.7 Å². The molecule has 2 aromatic rings. The number of hydrogen-bond acceptors (Lipinski definition) is 11. The Balaban J connectivity index is 2.53. The van der Waals surface area contributed by atoms with Crippen molar-refractivity contribution in [1.29, 1.82) is 0 Å². The molecule has 3 N–H and O–H groups in total. The molecule has 1 aromatic heterocycles. The second-order valence-electron chi connectivity index (χ2n) is 7.30. The smallest absolute Gasteiger partial charge is 0.327 e. The van der Waals surface area contributed by atoms with Crippen LogP contribution in [0.1, 0.15) is 30.4 Å². The number of ketones is 1. The van der Waals surface area contributed by atoms with Crippen LogP contribution in [0.4, 0.5) is 0 Å². The zero-order valence-corrected chi connectivity index (χ0v) is 20.3. The highest BCUT2D eigenvalue weighted by molar-refractivity contribution is 8.18. The number of Topliss-reactive ketones (excluding diaryl/α,β-unsaturated/α-hetero) is 1. The van der Waals surface area contributed by atoms with Gasteiger partial charge < -0.3 is 34.1 Å². The van der Waals surface area contributed by atoms with Crippen LogP contribution in [0.2, 0.25) is 0 Å². The van der Waals surface area contributed by atoms with Gasteiger partial charge in [-0.05, 0) is 18.4 Å². The summed E-state index contributed by atoms with van der Waals surface area (Å²) in [5.74, 6) is -1.76. The Labute approximate surface area is 206 Å². The number of fused-ring (bicyclic) bond motifs is 1. The minimum absolute atomic E-state index is 0.0213. The Bertz CT molecular complexity index is 1090. The number of nitrogens with zero attached hydrogens (tertiary/aromatic N) is 2. The van der Waals surface area contributed by atoms with Gasteiger partial charge >= 0.3 is 11.9 Å². The van der Waals surface area contributed by atoms with Crippen LogP contribution in [0.3, 0.4) is 0 Å². The molecule has 0 amide bonds. The first-order valence-electron chi connectivity index (χ1n) is 10.5. The number of aliphatic imine (C=N–C) groups is 1. The summed E-state index contributed by atoms with van der Waals surface area (Å²) < 4.78 is 16.5. The normalized spacial score (nSPS) is 14.4. The molecular formula is C23H28N2O9S. The third-order valence-corrected chi connectivity index (χ3v) is 5.49. The molecule has 0 spiro atoms. The number of aliphatic hydroxyl groups is 3. The van der Waals surface area contributed by atoms with E-state index in [0.29, 0.717) is 10.9 Å². The number of hydrogen-bond donors (Lipinski definition) is 3. The molecule has 11 nitrogen and oxygen atoms in total. The number of aromatic nitrogens is 1. The molecule has 1 heterocycles. The molecule has 0 saturated heterocycles. The van der Waals surface area contributed by atoms with E-state index in [2.05, 4.69) is 16.3 Å². The topological polar surface area (TPSA) is 157 Å². The molecule has 0 aliphatic heterocycles. The van der Waals surface area contributed by atoms with Gasteiger partial charge in [0.05, 0.1) is 24.3 Å². The minimum Gasteiger partial charge on any atom is -0.468 e. The molecular weight excluding hydrogens is 480 g/mol. The maximum Gasteiger partial charge on any atom is 0.327 e. The molecule has 0 aliphatic carbocycles. The maximum absolute atomic E-state index is 13.3. The molecule has 0 bridgehead atoms. The van der Waals surface area contributed by atoms with Crippen LogP contribution in [-0.4, -0.2) is 81.4 Å². The lowest BCUT2D eigenvalue weighted by molar-refractivity contribution is -0.216. The number of carbonyl (C=O) groups is 3. The fourth-order valence-electron chi connectivity index (χ4n) is 3.10. The lowest BCUT2D eigenvalue weighted by Crippen LogP contribution is -2.38. The predicted octanol–water partition coefficient (Wildman–Crippen LogP) is 1.41. The monoisotopic (exact) mass is 508 g/mol. The van der Waals surface area contributed by atoms with Crippen molar-refractivity contribution < 1.29 is 43.9 Å². The van der Waals surface area contributed by atoms with E-state index in [1.165, 1.54) is 37.1 Å². The molecule has 35 heavy (non-hydrogen) atoms. The number of aliphatic hydroxyl groups excluding tert-OH is 2. The molecule has 12 heteroatoms. The Morgan fingerprint density at radius 3 is 2.49 bits per heavy atom. The summed E-state index contributed by atoms with van der Waals surface area (Å²) in [5.41, 5.74) is 0.572. The van der Waals surface area contributed by atoms with E-state index in [0.717, 1.165) is 11.8 Å². The van der Waals surface area contributed by atoms with Gasteiger partial charge in [0.15, 0.2) is 12.5 Å². The second kappa shape index (κ2) is 13.2. The Kier molecular flexibility index (Phi) is 10.6. The van der Waals surface area contributed by atoms with Crippen molar-refractivity contribution >= 4 is 45.4 Å². The van der Waals surface area contributed by atoms with Crippen molar-refractivity contribution in [3.05, 3.63) is 48.0 Å². The number of ether oxygens (including phenoxy) is 3. The van der Waals surface area contributed by atoms with E-state index in [1.807, 2.05) is 0 Å². The third kappa shape index (κ3) is 7.47. The largest absolute Gasteiger partial charge is 0.468 e. The molecule has 1 aromatic carbocycles. The van der Waals surface area contributed by atoms with Crippen LogP contribution in [-0.2, 0) is 23.8 Å². The van der Waals surface area contributed by atoms with Crippen molar-refractivity contribution in [3.63, 3.8) is 0 Å². The fraction of sp³-hybridized carbons (Fsp3) is 0.391. The lowest BCUT2D eigenvalue weighted by Gasteiger charge is -2.29. The van der Waals surface area contributed by atoms with Crippen LogP contribution in [0.5, 0.6) is 0 Å². The molecule has 0 fully saturated rings. The number of methoxy groups -OCH3 is 1. The minimum atomic E-state index is -2.07. The van der Waals surface area contributed by atoms with Gasteiger partial charge in [0.1, 0.15) is 24.3 Å². The summed E-state index contributed by atoms with van der Waals surface area (Å²) in [5, 5.41) is 32.1. The summed E-state index contributed by atoms with van der Waals surface area (Å²) >= 11 is 0.924. The standard InChI is InChI=1S/C23H28N2O9S/c1-5-35-21(24-10-19(28)32-4)20(29)16-11-25(17-9-7-6-8-15(16)17)22(23(30)31)34-18(13(2)26)12-33-14(3)27/h5-9,11,13,18,22-23,26,30-31H,1,10,12H2,2-4H3/b24-21-.